The summed E-state index contributed by atoms with van der Waals surface area (Å²) in [4.78, 5) is 2.27. The molecule has 0 aromatic carbocycles. The van der Waals surface area contributed by atoms with Crippen LogP contribution in [0.4, 0.5) is 0 Å². The summed E-state index contributed by atoms with van der Waals surface area (Å²) in [6.07, 6.45) is 19.0. The van der Waals surface area contributed by atoms with E-state index in [-0.39, 0.29) is 18.1 Å². The molecule has 3 nitrogen and oxygen atoms in total. The maximum atomic E-state index is 10.5. The second kappa shape index (κ2) is 12.9. The van der Waals surface area contributed by atoms with Crippen LogP contribution in [0.15, 0.2) is 23.8 Å². The molecular formula is C26H47NO2. The van der Waals surface area contributed by atoms with Crippen molar-refractivity contribution in [3.8, 4) is 0 Å². The molecule has 2 rings (SSSR count). The normalized spacial score (nSPS) is 28.9. The summed E-state index contributed by atoms with van der Waals surface area (Å²) in [5.74, 6) is 1.88. The van der Waals surface area contributed by atoms with Crippen molar-refractivity contribution in [1.82, 2.24) is 4.90 Å². The highest BCUT2D eigenvalue weighted by atomic mass is 16.3. The van der Waals surface area contributed by atoms with Crippen molar-refractivity contribution in [2.45, 2.75) is 96.7 Å². The summed E-state index contributed by atoms with van der Waals surface area (Å²) in [5, 5.41) is 20.9. The summed E-state index contributed by atoms with van der Waals surface area (Å²) < 4.78 is 0. The van der Waals surface area contributed by atoms with Gasteiger partial charge in [-0.1, -0.05) is 69.8 Å². The number of hydrogen-bond acceptors (Lipinski definition) is 3. The molecule has 2 N–H and O–H groups in total. The molecule has 168 valence electrons. The van der Waals surface area contributed by atoms with Crippen molar-refractivity contribution >= 4 is 0 Å². The van der Waals surface area contributed by atoms with Gasteiger partial charge in [-0.05, 0) is 76.9 Å². The average Bonchev–Trinajstić information content (AvgIpc) is 3.17. The van der Waals surface area contributed by atoms with E-state index in [0.29, 0.717) is 17.8 Å². The number of allylic oxidation sites excluding steroid dienone is 2. The van der Waals surface area contributed by atoms with Crippen LogP contribution in [-0.4, -0.2) is 48.0 Å². The first-order valence-corrected chi connectivity index (χ1v) is 12.3. The van der Waals surface area contributed by atoms with Gasteiger partial charge in [-0.15, -0.1) is 0 Å². The zero-order valence-electron chi connectivity index (χ0n) is 19.5. The van der Waals surface area contributed by atoms with Crippen LogP contribution >= 0.6 is 0 Å². The first-order valence-electron chi connectivity index (χ1n) is 12.3. The molecule has 0 bridgehead atoms. The Hall–Kier alpha value is -0.640. The molecule has 1 saturated carbocycles. The zero-order chi connectivity index (χ0) is 21.2. The van der Waals surface area contributed by atoms with Gasteiger partial charge in [0.15, 0.2) is 0 Å². The van der Waals surface area contributed by atoms with E-state index in [0.717, 1.165) is 19.3 Å². The minimum atomic E-state index is -0.371. The Morgan fingerprint density at radius 2 is 1.93 bits per heavy atom. The van der Waals surface area contributed by atoms with E-state index in [2.05, 4.69) is 45.0 Å². The number of rotatable bonds is 14. The highest BCUT2D eigenvalue weighted by molar-refractivity contribution is 5.21. The van der Waals surface area contributed by atoms with Crippen molar-refractivity contribution in [2.24, 2.45) is 23.7 Å². The predicted octanol–water partition coefficient (Wildman–Crippen LogP) is 5.58. The van der Waals surface area contributed by atoms with Gasteiger partial charge in [-0.2, -0.15) is 0 Å². The molecule has 29 heavy (non-hydrogen) atoms. The first-order chi connectivity index (χ1) is 13.9. The fraction of sp³-hybridized carbons (Fsp3) is 0.846. The van der Waals surface area contributed by atoms with Gasteiger partial charge < -0.3 is 15.1 Å². The monoisotopic (exact) mass is 405 g/mol. The molecule has 0 aliphatic heterocycles. The summed E-state index contributed by atoms with van der Waals surface area (Å²) in [5.41, 5.74) is 1.62. The molecule has 0 heterocycles. The van der Waals surface area contributed by atoms with Crippen LogP contribution in [-0.2, 0) is 0 Å². The molecule has 3 heteroatoms. The van der Waals surface area contributed by atoms with Gasteiger partial charge in [-0.3, -0.25) is 0 Å². The van der Waals surface area contributed by atoms with Crippen molar-refractivity contribution in [2.75, 3.05) is 20.6 Å². The molecule has 1 fully saturated rings. The lowest BCUT2D eigenvalue weighted by Gasteiger charge is -2.19. The maximum Gasteiger partial charge on any atom is 0.0723 e. The molecule has 0 radical (unpaired) electrons. The third-order valence-corrected chi connectivity index (χ3v) is 7.05. The van der Waals surface area contributed by atoms with Crippen molar-refractivity contribution in [1.29, 1.82) is 0 Å². The maximum absolute atomic E-state index is 10.5. The Bertz CT molecular complexity index is 513. The topological polar surface area (TPSA) is 43.7 Å². The molecule has 2 aliphatic rings. The van der Waals surface area contributed by atoms with Gasteiger partial charge >= 0.3 is 0 Å². The number of aliphatic hydroxyl groups is 2. The summed E-state index contributed by atoms with van der Waals surface area (Å²) >= 11 is 0. The van der Waals surface area contributed by atoms with Crippen LogP contribution in [0.3, 0.4) is 0 Å². The van der Waals surface area contributed by atoms with E-state index < -0.39 is 0 Å². The SMILES string of the molecule is CCCC[C@H](C)C[C@H](O)/C=C/[C@@H]1[C@H]2CC(CCCCCCN(C)C)=C[C@H]2C[C@H]1O. The lowest BCUT2D eigenvalue weighted by molar-refractivity contribution is 0.139. The Labute approximate surface area is 180 Å². The Morgan fingerprint density at radius 3 is 2.66 bits per heavy atom. The Morgan fingerprint density at radius 1 is 1.17 bits per heavy atom. The molecule has 0 unspecified atom stereocenters. The van der Waals surface area contributed by atoms with Crippen molar-refractivity contribution in [3.05, 3.63) is 23.8 Å². The van der Waals surface area contributed by atoms with Crippen LogP contribution in [0, 0.1) is 23.7 Å². The molecule has 0 aromatic rings. The lowest BCUT2D eigenvalue weighted by atomic mass is 9.88. The van der Waals surface area contributed by atoms with E-state index in [1.165, 1.54) is 57.9 Å². The molecular weight excluding hydrogens is 358 g/mol. The van der Waals surface area contributed by atoms with Crippen LogP contribution in [0.25, 0.3) is 0 Å². The van der Waals surface area contributed by atoms with E-state index >= 15 is 0 Å². The average molecular weight is 406 g/mol. The Balaban J connectivity index is 1.72. The second-order valence-electron chi connectivity index (χ2n) is 10.1. The zero-order valence-corrected chi connectivity index (χ0v) is 19.5. The lowest BCUT2D eigenvalue weighted by Crippen LogP contribution is -2.18. The smallest absolute Gasteiger partial charge is 0.0723 e. The molecule has 0 amide bonds. The van der Waals surface area contributed by atoms with Crippen LogP contribution in [0.1, 0.15) is 84.5 Å². The number of aliphatic hydroxyl groups excluding tert-OH is 2. The van der Waals surface area contributed by atoms with Crippen LogP contribution in [0.5, 0.6) is 0 Å². The molecule has 0 saturated heterocycles. The highest BCUT2D eigenvalue weighted by Crippen LogP contribution is 2.48. The van der Waals surface area contributed by atoms with Gasteiger partial charge in [0.2, 0.25) is 0 Å². The van der Waals surface area contributed by atoms with E-state index in [1.54, 1.807) is 5.57 Å². The summed E-state index contributed by atoms with van der Waals surface area (Å²) in [7, 11) is 4.29. The predicted molar refractivity (Wildman–Crippen MR) is 124 cm³/mol. The first kappa shape index (κ1) is 24.6. The number of fused-ring (bicyclic) bond motifs is 1. The minimum Gasteiger partial charge on any atom is -0.392 e. The van der Waals surface area contributed by atoms with Gasteiger partial charge in [0.05, 0.1) is 12.2 Å². The number of unbranched alkanes of at least 4 members (excludes halogenated alkanes) is 4. The quantitative estimate of drug-likeness (QED) is 0.293. The van der Waals surface area contributed by atoms with Gasteiger partial charge in [0.25, 0.3) is 0 Å². The number of hydrogen-bond donors (Lipinski definition) is 2. The molecule has 0 spiro atoms. The van der Waals surface area contributed by atoms with Gasteiger partial charge in [-0.25, -0.2) is 0 Å². The minimum absolute atomic E-state index is 0.217. The molecule has 6 atom stereocenters. The fourth-order valence-electron chi connectivity index (χ4n) is 5.34. The van der Waals surface area contributed by atoms with Gasteiger partial charge in [0.1, 0.15) is 0 Å². The second-order valence-corrected chi connectivity index (χ2v) is 10.1. The van der Waals surface area contributed by atoms with E-state index in [1.807, 2.05) is 6.08 Å². The summed E-state index contributed by atoms with van der Waals surface area (Å²) in [6, 6.07) is 0. The fourth-order valence-corrected chi connectivity index (χ4v) is 5.34. The van der Waals surface area contributed by atoms with Crippen LogP contribution in [0.2, 0.25) is 0 Å². The highest BCUT2D eigenvalue weighted by Gasteiger charge is 2.43. The third kappa shape index (κ3) is 8.55. The largest absolute Gasteiger partial charge is 0.392 e. The standard InChI is InChI=1S/C26H47NO2/c1-5-6-11-20(2)16-23(28)13-14-24-25-18-21(17-22(25)19-26(24)29)12-9-7-8-10-15-27(3)4/h13-14,17,20,22-26,28-29H,5-12,15-16,18-19H2,1-4H3/b14-13+/t20-,22-,23+,24+,25-,26+/m0/s1. The van der Waals surface area contributed by atoms with Crippen LogP contribution < -0.4 is 0 Å². The van der Waals surface area contributed by atoms with Crippen molar-refractivity contribution < 1.29 is 10.2 Å². The molecule has 2 aliphatic carbocycles. The van der Waals surface area contributed by atoms with Gasteiger partial charge in [0, 0.05) is 5.92 Å². The van der Waals surface area contributed by atoms with E-state index in [4.69, 9.17) is 0 Å². The Kier molecular flexibility index (Phi) is 11.0. The summed E-state index contributed by atoms with van der Waals surface area (Å²) in [6.45, 7) is 5.65. The third-order valence-electron chi connectivity index (χ3n) is 7.05. The molecule has 0 aromatic heterocycles. The van der Waals surface area contributed by atoms with Crippen molar-refractivity contribution in [3.63, 3.8) is 0 Å². The number of nitrogens with zero attached hydrogens (tertiary/aromatic N) is 1. The van der Waals surface area contributed by atoms with E-state index in [9.17, 15) is 10.2 Å².